The average Bonchev–Trinajstić information content (AvgIpc) is 3.40. The van der Waals surface area contributed by atoms with Crippen LogP contribution in [0, 0.1) is 27.7 Å². The Labute approximate surface area is 419 Å². The molecule has 352 valence electrons. The zero-order valence-corrected chi connectivity index (χ0v) is 40.6. The molecule has 11 aromatic carbocycles. The van der Waals surface area contributed by atoms with Gasteiger partial charge >= 0.3 is 0 Å². The van der Waals surface area contributed by atoms with E-state index >= 15 is 0 Å². The molecule has 0 aliphatic carbocycles. The summed E-state index contributed by atoms with van der Waals surface area (Å²) in [6, 6.07) is 70.4. The van der Waals surface area contributed by atoms with E-state index in [1.54, 1.807) is 0 Å². The highest BCUT2D eigenvalue weighted by atomic mass is 16.7. The van der Waals surface area contributed by atoms with Gasteiger partial charge in [-0.1, -0.05) is 156 Å². The summed E-state index contributed by atoms with van der Waals surface area (Å²) in [5, 5.41) is 7.42. The minimum atomic E-state index is -0.625. The summed E-state index contributed by atoms with van der Waals surface area (Å²) in [7, 11) is 0. The Morgan fingerprint density at radius 1 is 0.333 bits per heavy atom. The summed E-state index contributed by atoms with van der Waals surface area (Å²) < 4.78 is 38.2. The van der Waals surface area contributed by atoms with Crippen molar-refractivity contribution in [1.82, 2.24) is 0 Å². The van der Waals surface area contributed by atoms with Crippen molar-refractivity contribution in [2.45, 2.75) is 53.1 Å². The number of ether oxygens (including phenoxy) is 6. The van der Waals surface area contributed by atoms with Crippen molar-refractivity contribution in [1.29, 1.82) is 0 Å². The van der Waals surface area contributed by atoms with Crippen LogP contribution in [0.1, 0.15) is 68.2 Å². The summed E-state index contributed by atoms with van der Waals surface area (Å²) >= 11 is 0. The highest BCUT2D eigenvalue weighted by molar-refractivity contribution is 6.23. The molecule has 0 bridgehead atoms. The molecule has 0 saturated carbocycles. The molecule has 0 saturated heterocycles. The van der Waals surface area contributed by atoms with E-state index in [2.05, 4.69) is 143 Å². The third kappa shape index (κ3) is 9.11. The van der Waals surface area contributed by atoms with Gasteiger partial charge < -0.3 is 28.4 Å². The summed E-state index contributed by atoms with van der Waals surface area (Å²) in [5.41, 5.74) is 11.3. The van der Waals surface area contributed by atoms with Crippen LogP contribution in [0.5, 0.6) is 46.0 Å². The number of fused-ring (bicyclic) bond motifs is 4. The van der Waals surface area contributed by atoms with Crippen molar-refractivity contribution in [3.63, 3.8) is 0 Å². The lowest BCUT2D eigenvalue weighted by Gasteiger charge is -2.25. The van der Waals surface area contributed by atoms with Crippen LogP contribution in [0.15, 0.2) is 206 Å². The molecule has 0 amide bonds. The van der Waals surface area contributed by atoms with Gasteiger partial charge in [0.2, 0.25) is 0 Å². The van der Waals surface area contributed by atoms with Gasteiger partial charge in [0.15, 0.2) is 0 Å². The van der Waals surface area contributed by atoms with E-state index in [0.29, 0.717) is 0 Å². The minimum Gasteiger partial charge on any atom is -0.457 e. The lowest BCUT2D eigenvalue weighted by Crippen LogP contribution is -2.16. The Morgan fingerprint density at radius 3 is 1.28 bits per heavy atom. The Kier molecular flexibility index (Phi) is 11.7. The molecule has 2 aliphatic heterocycles. The van der Waals surface area contributed by atoms with Crippen molar-refractivity contribution in [3.05, 3.63) is 262 Å². The maximum atomic E-state index is 6.49. The van der Waals surface area contributed by atoms with Crippen LogP contribution in [0.25, 0.3) is 32.3 Å². The van der Waals surface area contributed by atoms with Crippen LogP contribution < -0.4 is 28.4 Å². The van der Waals surface area contributed by atoms with Gasteiger partial charge in [-0.15, -0.1) is 0 Å². The van der Waals surface area contributed by atoms with Crippen molar-refractivity contribution < 1.29 is 28.4 Å². The lowest BCUT2D eigenvalue weighted by molar-refractivity contribution is 0.00358. The first-order chi connectivity index (χ1) is 35.2. The van der Waals surface area contributed by atoms with Gasteiger partial charge in [0, 0.05) is 35.1 Å². The predicted molar refractivity (Wildman–Crippen MR) is 288 cm³/mol. The smallest absolute Gasteiger partial charge is 0.268 e. The molecule has 0 N–H and O–H groups in total. The molecule has 0 fully saturated rings. The van der Waals surface area contributed by atoms with Crippen LogP contribution in [-0.2, 0) is 12.8 Å². The zero-order valence-electron chi connectivity index (χ0n) is 40.6. The molecule has 2 aliphatic rings. The first kappa shape index (κ1) is 44.5. The fourth-order valence-corrected chi connectivity index (χ4v) is 9.89. The normalized spacial score (nSPS) is 12.2. The molecule has 0 spiro atoms. The zero-order chi connectivity index (χ0) is 48.7. The molecular weight excluding hydrogens is 889 g/mol. The quantitative estimate of drug-likeness (QED) is 0.101. The third-order valence-corrected chi connectivity index (χ3v) is 13.6. The Bertz CT molecular complexity index is 3580. The second-order valence-electron chi connectivity index (χ2n) is 19.0. The molecule has 11 aromatic rings. The minimum absolute atomic E-state index is 0.583. The topological polar surface area (TPSA) is 55.4 Å². The number of hydrogen-bond acceptors (Lipinski definition) is 6. The second kappa shape index (κ2) is 18.9. The summed E-state index contributed by atoms with van der Waals surface area (Å²) in [5.74, 6) is 6.58. The standard InChI is InChI=1S/C35H28O4.C31H24O2/c1-22-8-12-31-25(16-22)18-27-20-29(10-14-33(27)38-31)36-35(24-6-4-3-5-7-24)37-30-11-15-34-28(21-30)19-26-17-23(2)9-13-32(26)39-34;1-20-6-14-25(15-7-20)32-31(33-26-16-8-21(2)9-17-26)28-19-13-24-11-10-22-4-3-5-23-12-18-27(28)30(24)29(22)23/h3-17,20-21,35H,18-19H2,1-2H3;3-19,31H,1-2H3. The van der Waals surface area contributed by atoms with E-state index in [1.165, 1.54) is 60.3 Å². The highest BCUT2D eigenvalue weighted by Crippen LogP contribution is 2.43. The van der Waals surface area contributed by atoms with Crippen molar-refractivity contribution in [2.75, 3.05) is 0 Å². The molecular formula is C66H52O6. The molecule has 0 atom stereocenters. The van der Waals surface area contributed by atoms with Gasteiger partial charge in [-0.25, -0.2) is 0 Å². The van der Waals surface area contributed by atoms with E-state index in [-0.39, 0.29) is 0 Å². The van der Waals surface area contributed by atoms with E-state index in [9.17, 15) is 0 Å². The lowest BCUT2D eigenvalue weighted by atomic mass is 9.92. The van der Waals surface area contributed by atoms with Crippen LogP contribution in [-0.4, -0.2) is 0 Å². The Hall–Kier alpha value is -8.74. The summed E-state index contributed by atoms with van der Waals surface area (Å²) in [6.07, 6.45) is 0.388. The second-order valence-corrected chi connectivity index (χ2v) is 19.0. The Morgan fingerprint density at radius 2 is 0.750 bits per heavy atom. The van der Waals surface area contributed by atoms with Crippen molar-refractivity contribution >= 4 is 32.3 Å². The monoisotopic (exact) mass is 940 g/mol. The molecule has 13 rings (SSSR count). The summed E-state index contributed by atoms with van der Waals surface area (Å²) in [6.45, 7) is 8.35. The summed E-state index contributed by atoms with van der Waals surface area (Å²) in [4.78, 5) is 0. The number of hydrogen-bond donors (Lipinski definition) is 0. The number of rotatable bonds is 10. The number of benzene rings is 11. The van der Waals surface area contributed by atoms with E-state index in [1.807, 2.05) is 91.0 Å². The van der Waals surface area contributed by atoms with Gasteiger partial charge in [0.25, 0.3) is 12.6 Å². The van der Waals surface area contributed by atoms with Crippen LogP contribution >= 0.6 is 0 Å². The maximum absolute atomic E-state index is 6.49. The highest BCUT2D eigenvalue weighted by Gasteiger charge is 2.24. The van der Waals surface area contributed by atoms with Gasteiger partial charge in [-0.3, -0.25) is 0 Å². The van der Waals surface area contributed by atoms with Crippen LogP contribution in [0.2, 0.25) is 0 Å². The molecule has 6 nitrogen and oxygen atoms in total. The largest absolute Gasteiger partial charge is 0.457 e. The molecule has 72 heavy (non-hydrogen) atoms. The van der Waals surface area contributed by atoms with Gasteiger partial charge in [0.1, 0.15) is 46.0 Å². The molecule has 2 heterocycles. The van der Waals surface area contributed by atoms with E-state index in [0.717, 1.165) is 86.5 Å². The molecule has 0 unspecified atom stereocenters. The first-order valence-corrected chi connectivity index (χ1v) is 24.5. The van der Waals surface area contributed by atoms with Crippen molar-refractivity contribution in [2.24, 2.45) is 0 Å². The van der Waals surface area contributed by atoms with E-state index < -0.39 is 12.6 Å². The molecule has 6 heteroatoms. The van der Waals surface area contributed by atoms with Gasteiger partial charge in [-0.05, 0) is 144 Å². The molecule has 0 radical (unpaired) electrons. The average molecular weight is 941 g/mol. The van der Waals surface area contributed by atoms with Crippen LogP contribution in [0.3, 0.4) is 0 Å². The fourth-order valence-electron chi connectivity index (χ4n) is 9.89. The van der Waals surface area contributed by atoms with E-state index in [4.69, 9.17) is 28.4 Å². The van der Waals surface area contributed by atoms with Crippen LogP contribution in [0.4, 0.5) is 0 Å². The fraction of sp³-hybridized carbons (Fsp3) is 0.121. The molecule has 0 aromatic heterocycles. The van der Waals surface area contributed by atoms with Crippen molar-refractivity contribution in [3.8, 4) is 46.0 Å². The first-order valence-electron chi connectivity index (χ1n) is 24.5. The number of aryl methyl sites for hydroxylation is 4. The SMILES string of the molecule is Cc1ccc(OC(Oc2ccc(C)cc2)c2ccc3ccc4cccc5ccc2c3c45)cc1.Cc1ccc2c(c1)Cc1cc(OC(Oc3ccc4c(c3)Cc3cc(C)ccc3O4)c3ccccc3)ccc1O2. The predicted octanol–water partition coefficient (Wildman–Crippen LogP) is 17.2. The maximum Gasteiger partial charge on any atom is 0.268 e. The Balaban J connectivity index is 0.000000149. The van der Waals surface area contributed by atoms with Gasteiger partial charge in [-0.2, -0.15) is 0 Å². The van der Waals surface area contributed by atoms with Gasteiger partial charge in [0.05, 0.1) is 0 Å². The third-order valence-electron chi connectivity index (χ3n) is 13.6.